The van der Waals surface area contributed by atoms with Crippen LogP contribution in [0.25, 0.3) is 0 Å². The Morgan fingerprint density at radius 3 is 2.24 bits per heavy atom. The maximum absolute atomic E-state index is 10.9. The first kappa shape index (κ1) is 32.5. The third-order valence-electron chi connectivity index (χ3n) is 7.36. The number of hydrogen-bond acceptors (Lipinski definition) is 5. The van der Waals surface area contributed by atoms with Gasteiger partial charge in [-0.15, -0.1) is 0 Å². The first-order valence-electron chi connectivity index (χ1n) is 14.7. The summed E-state index contributed by atoms with van der Waals surface area (Å²) in [5.74, 6) is 1.06. The van der Waals surface area contributed by atoms with E-state index in [4.69, 9.17) is 15.6 Å². The Labute approximate surface area is 249 Å². The monoisotopic (exact) mass is 572 g/mol. The summed E-state index contributed by atoms with van der Waals surface area (Å²) in [6.45, 7) is 1.87. The first-order valence-corrected chi connectivity index (χ1v) is 14.7. The Kier molecular flexibility index (Phi) is 14.3. The fraction of sp³-hybridized carbons (Fsp3) is 0.382. The molecule has 0 radical (unpaired) electrons. The Hall–Kier alpha value is -4.01. The number of nitrogens with two attached hydrogens (primary N) is 1. The van der Waals surface area contributed by atoms with E-state index in [-0.39, 0.29) is 6.61 Å². The van der Waals surface area contributed by atoms with Gasteiger partial charge in [0.25, 0.3) is 0 Å². The zero-order valence-corrected chi connectivity index (χ0v) is 24.5. The van der Waals surface area contributed by atoms with Crippen LogP contribution in [0.3, 0.4) is 0 Å². The van der Waals surface area contributed by atoms with Crippen LogP contribution in [0.15, 0.2) is 89.9 Å². The lowest BCUT2D eigenvalue weighted by atomic mass is 9.84. The van der Waals surface area contributed by atoms with Crippen molar-refractivity contribution in [2.45, 2.75) is 57.0 Å². The van der Waals surface area contributed by atoms with Crippen LogP contribution in [0.4, 0.5) is 5.69 Å². The summed E-state index contributed by atoms with van der Waals surface area (Å²) < 4.78 is 5.73. The van der Waals surface area contributed by atoms with Crippen molar-refractivity contribution in [2.24, 2.45) is 10.7 Å². The molecule has 0 saturated heterocycles. The third-order valence-corrected chi connectivity index (χ3v) is 7.36. The number of amides is 2. The van der Waals surface area contributed by atoms with Gasteiger partial charge >= 0.3 is 0 Å². The number of aliphatic hydroxyl groups excluding tert-OH is 1. The number of aliphatic imine (C=N–C) groups is 1. The molecule has 0 spiro atoms. The van der Waals surface area contributed by atoms with Crippen molar-refractivity contribution in [1.82, 2.24) is 5.32 Å². The minimum absolute atomic E-state index is 0.147. The van der Waals surface area contributed by atoms with Crippen molar-refractivity contribution in [1.29, 1.82) is 0 Å². The maximum Gasteiger partial charge on any atom is 0.244 e. The summed E-state index contributed by atoms with van der Waals surface area (Å²) >= 11 is 0. The number of primary amides is 1. The van der Waals surface area contributed by atoms with Gasteiger partial charge in [-0.1, -0.05) is 92.1 Å². The van der Waals surface area contributed by atoms with E-state index < -0.39 is 11.9 Å². The number of anilines is 1. The van der Waals surface area contributed by atoms with E-state index in [1.165, 1.54) is 43.2 Å². The van der Waals surface area contributed by atoms with E-state index in [0.29, 0.717) is 31.6 Å². The smallest absolute Gasteiger partial charge is 0.244 e. The number of nitrogens with one attached hydrogen (secondary N) is 1. The van der Waals surface area contributed by atoms with Gasteiger partial charge in [0.15, 0.2) is 0 Å². The van der Waals surface area contributed by atoms with Gasteiger partial charge in [0, 0.05) is 32.5 Å². The van der Waals surface area contributed by atoms with Gasteiger partial charge in [-0.3, -0.25) is 14.6 Å². The summed E-state index contributed by atoms with van der Waals surface area (Å²) in [5.41, 5.74) is 9.63. The Morgan fingerprint density at radius 2 is 1.67 bits per heavy atom. The summed E-state index contributed by atoms with van der Waals surface area (Å²) in [4.78, 5) is 27.8. The Balaban J connectivity index is 0.000000312. The van der Waals surface area contributed by atoms with Crippen LogP contribution in [0, 0.1) is 0 Å². The summed E-state index contributed by atoms with van der Waals surface area (Å²) in [5, 5.41) is 11.3. The number of carbonyl (C=O) groups excluding carboxylic acids is 2. The van der Waals surface area contributed by atoms with Crippen LogP contribution in [0.1, 0.15) is 67.2 Å². The molecule has 224 valence electrons. The highest BCUT2D eigenvalue weighted by atomic mass is 16.5. The highest BCUT2D eigenvalue weighted by Gasteiger charge is 2.18. The molecule has 0 aromatic heterocycles. The topological polar surface area (TPSA) is 117 Å². The van der Waals surface area contributed by atoms with Crippen LogP contribution in [0.5, 0.6) is 0 Å². The highest BCUT2D eigenvalue weighted by Crippen LogP contribution is 2.32. The second kappa shape index (κ2) is 18.4. The van der Waals surface area contributed by atoms with Gasteiger partial charge in [-0.25, -0.2) is 0 Å². The summed E-state index contributed by atoms with van der Waals surface area (Å²) in [6, 6.07) is 27.6. The predicted octanol–water partition coefficient (Wildman–Crippen LogP) is 5.13. The van der Waals surface area contributed by atoms with Crippen molar-refractivity contribution in [3.63, 3.8) is 0 Å². The molecule has 3 aromatic carbocycles. The molecule has 4 N–H and O–H groups in total. The van der Waals surface area contributed by atoms with Gasteiger partial charge in [0.2, 0.25) is 12.3 Å². The molecule has 8 nitrogen and oxygen atoms in total. The van der Waals surface area contributed by atoms with Crippen LogP contribution in [-0.4, -0.2) is 50.1 Å². The third kappa shape index (κ3) is 10.4. The lowest BCUT2D eigenvalue weighted by Crippen LogP contribution is -2.34. The second-order valence-corrected chi connectivity index (χ2v) is 10.3. The second-order valence-electron chi connectivity index (χ2n) is 10.3. The molecule has 42 heavy (non-hydrogen) atoms. The molecule has 1 saturated carbocycles. The lowest BCUT2D eigenvalue weighted by Gasteiger charge is -2.27. The molecule has 3 aromatic rings. The normalized spacial score (nSPS) is 14.3. The first-order chi connectivity index (χ1) is 20.6. The van der Waals surface area contributed by atoms with Gasteiger partial charge in [-0.2, -0.15) is 0 Å². The molecule has 8 heteroatoms. The molecule has 1 aliphatic carbocycles. The number of carbonyl (C=O) groups is 2. The van der Waals surface area contributed by atoms with Gasteiger partial charge in [-0.05, 0) is 54.0 Å². The number of ether oxygens (including phenoxy) is 1. The number of nitrogens with zero attached hydrogens (tertiary/aromatic N) is 2. The van der Waals surface area contributed by atoms with Gasteiger partial charge in [0.05, 0.1) is 0 Å². The molecule has 1 fully saturated rings. The number of benzene rings is 3. The SMILES string of the molecule is CN=C(COCCCO)N(Cc1ccc(C2CCCCC2)cc1)c1ccccc1.NC(=O)C(NC=O)c1ccccc1. The standard InChI is InChI=1S/C25H34N2O2.C9H10N2O2/c1-26-25(20-29-18-8-17-28)27(24-11-6-3-7-12-24)19-21-13-15-23(16-14-21)22-9-4-2-5-10-22;10-9(13)8(11-6-12)7-4-2-1-3-5-7/h3,6-7,11-16,22,28H,2,4-5,8-10,17-20H2,1H3;1-6,8H,(H2,10,13)(H,11,12). The molecule has 1 unspecified atom stereocenters. The maximum atomic E-state index is 10.9. The molecule has 1 atom stereocenters. The van der Waals surface area contributed by atoms with Crippen LogP contribution >= 0.6 is 0 Å². The largest absolute Gasteiger partial charge is 0.396 e. The molecular formula is C34H44N4O4. The minimum atomic E-state index is -0.737. The quantitative estimate of drug-likeness (QED) is 0.114. The van der Waals surface area contributed by atoms with Crippen molar-refractivity contribution >= 4 is 23.8 Å². The fourth-order valence-electron chi connectivity index (χ4n) is 5.10. The number of amidine groups is 1. The van der Waals surface area contributed by atoms with E-state index >= 15 is 0 Å². The lowest BCUT2D eigenvalue weighted by molar-refractivity contribution is -0.122. The van der Waals surface area contributed by atoms with Crippen LogP contribution in [-0.2, 0) is 20.9 Å². The Bertz CT molecular complexity index is 1210. The van der Waals surface area contributed by atoms with E-state index in [2.05, 4.69) is 63.7 Å². The van der Waals surface area contributed by atoms with Crippen molar-refractivity contribution in [2.75, 3.05) is 31.8 Å². The van der Waals surface area contributed by atoms with Crippen LogP contribution in [0.2, 0.25) is 0 Å². The molecule has 0 aliphatic heterocycles. The molecular weight excluding hydrogens is 528 g/mol. The fourth-order valence-corrected chi connectivity index (χ4v) is 5.10. The summed E-state index contributed by atoms with van der Waals surface area (Å²) in [6.07, 6.45) is 7.87. The van der Waals surface area contributed by atoms with E-state index in [1.807, 2.05) is 19.2 Å². The van der Waals surface area contributed by atoms with Crippen molar-refractivity contribution < 1.29 is 19.4 Å². The van der Waals surface area contributed by atoms with E-state index in [1.54, 1.807) is 24.3 Å². The van der Waals surface area contributed by atoms with Crippen LogP contribution < -0.4 is 16.0 Å². The molecule has 4 rings (SSSR count). The number of hydrogen-bond donors (Lipinski definition) is 3. The van der Waals surface area contributed by atoms with Gasteiger partial charge in [0.1, 0.15) is 18.5 Å². The minimum Gasteiger partial charge on any atom is -0.396 e. The van der Waals surface area contributed by atoms with Crippen molar-refractivity contribution in [3.05, 3.63) is 102 Å². The zero-order chi connectivity index (χ0) is 30.0. The molecule has 1 aliphatic rings. The van der Waals surface area contributed by atoms with Gasteiger partial charge < -0.3 is 25.8 Å². The predicted molar refractivity (Wildman–Crippen MR) is 168 cm³/mol. The highest BCUT2D eigenvalue weighted by molar-refractivity contribution is 5.98. The average Bonchev–Trinajstić information content (AvgIpc) is 3.04. The Morgan fingerprint density at radius 1 is 1.02 bits per heavy atom. The number of aliphatic hydroxyl groups is 1. The zero-order valence-electron chi connectivity index (χ0n) is 24.5. The number of para-hydroxylation sites is 1. The summed E-state index contributed by atoms with van der Waals surface area (Å²) in [7, 11) is 1.81. The average molecular weight is 573 g/mol. The van der Waals surface area contributed by atoms with E-state index in [9.17, 15) is 9.59 Å². The molecule has 2 amide bonds. The molecule has 0 bridgehead atoms. The van der Waals surface area contributed by atoms with Crippen molar-refractivity contribution in [3.8, 4) is 0 Å². The number of rotatable bonds is 13. The van der Waals surface area contributed by atoms with E-state index in [0.717, 1.165) is 24.0 Å². The molecule has 0 heterocycles.